The average molecular weight is 393 g/mol. The number of rotatable bonds is 5. The van der Waals surface area contributed by atoms with Gasteiger partial charge in [-0.25, -0.2) is 4.98 Å². The highest BCUT2D eigenvalue weighted by atomic mass is 35.5. The molecule has 0 radical (unpaired) electrons. The van der Waals surface area contributed by atoms with E-state index in [0.717, 1.165) is 37.8 Å². The van der Waals surface area contributed by atoms with Crippen molar-refractivity contribution >= 4 is 23.4 Å². The standard InChI is InChI=1S/C20H33ClN6/c1-15-7-4-5-11-27(15)16(2)13-24-20(22-3)25-17-9-12-26(14-17)19-18(21)8-6-10-23-19/h6,8,10,15-17H,4-5,7,9,11-14H2,1-3H3,(H2,22,24,25). The first kappa shape index (κ1) is 20.2. The van der Waals surface area contributed by atoms with E-state index in [0.29, 0.717) is 23.1 Å². The quantitative estimate of drug-likeness (QED) is 0.596. The molecule has 2 aliphatic heterocycles. The Balaban J connectivity index is 1.47. The summed E-state index contributed by atoms with van der Waals surface area (Å²) in [5.74, 6) is 1.75. The number of nitrogens with one attached hydrogen (secondary N) is 2. The first-order valence-corrected chi connectivity index (χ1v) is 10.5. The number of nitrogens with zero attached hydrogens (tertiary/aromatic N) is 4. The smallest absolute Gasteiger partial charge is 0.191 e. The Morgan fingerprint density at radius 1 is 1.37 bits per heavy atom. The third-order valence-electron chi connectivity index (χ3n) is 5.78. The largest absolute Gasteiger partial charge is 0.355 e. The summed E-state index contributed by atoms with van der Waals surface area (Å²) in [6, 6.07) is 5.30. The Bertz CT molecular complexity index is 637. The minimum absolute atomic E-state index is 0.346. The predicted molar refractivity (Wildman–Crippen MR) is 114 cm³/mol. The molecule has 0 saturated carbocycles. The maximum absolute atomic E-state index is 6.29. The van der Waals surface area contributed by atoms with Crippen molar-refractivity contribution in [2.75, 3.05) is 38.1 Å². The lowest BCUT2D eigenvalue weighted by Crippen LogP contribution is -2.51. The van der Waals surface area contributed by atoms with Crippen molar-refractivity contribution in [1.82, 2.24) is 20.5 Å². The van der Waals surface area contributed by atoms with Crippen molar-refractivity contribution in [2.24, 2.45) is 4.99 Å². The summed E-state index contributed by atoms with van der Waals surface area (Å²) in [6.07, 6.45) is 6.83. The Labute approximate surface area is 168 Å². The van der Waals surface area contributed by atoms with E-state index in [9.17, 15) is 0 Å². The van der Waals surface area contributed by atoms with Crippen molar-refractivity contribution in [3.05, 3.63) is 23.4 Å². The second-order valence-electron chi connectivity index (χ2n) is 7.77. The molecule has 2 saturated heterocycles. The molecular weight excluding hydrogens is 360 g/mol. The van der Waals surface area contributed by atoms with Crippen molar-refractivity contribution in [3.8, 4) is 0 Å². The third kappa shape index (κ3) is 5.26. The Morgan fingerprint density at radius 2 is 2.22 bits per heavy atom. The molecule has 7 heteroatoms. The molecule has 1 aromatic heterocycles. The van der Waals surface area contributed by atoms with Crippen LogP contribution < -0.4 is 15.5 Å². The summed E-state index contributed by atoms with van der Waals surface area (Å²) in [5.41, 5.74) is 0. The number of piperidine rings is 1. The minimum atomic E-state index is 0.346. The molecule has 27 heavy (non-hydrogen) atoms. The van der Waals surface area contributed by atoms with Crippen molar-refractivity contribution < 1.29 is 0 Å². The van der Waals surface area contributed by atoms with Crippen LogP contribution in [0, 0.1) is 0 Å². The molecule has 2 fully saturated rings. The summed E-state index contributed by atoms with van der Waals surface area (Å²) in [6.45, 7) is 8.61. The van der Waals surface area contributed by atoms with E-state index in [4.69, 9.17) is 11.6 Å². The number of hydrogen-bond acceptors (Lipinski definition) is 4. The molecule has 0 amide bonds. The van der Waals surface area contributed by atoms with Crippen LogP contribution in [0.25, 0.3) is 0 Å². The number of halogens is 1. The second kappa shape index (κ2) is 9.60. The van der Waals surface area contributed by atoms with Gasteiger partial charge < -0.3 is 15.5 Å². The number of aromatic nitrogens is 1. The number of pyridine rings is 1. The molecule has 3 unspecified atom stereocenters. The topological polar surface area (TPSA) is 55.8 Å². The van der Waals surface area contributed by atoms with Gasteiger partial charge in [-0.15, -0.1) is 0 Å². The van der Waals surface area contributed by atoms with Gasteiger partial charge in [-0.1, -0.05) is 18.0 Å². The Kier molecular flexibility index (Phi) is 7.19. The van der Waals surface area contributed by atoms with E-state index in [1.165, 1.54) is 25.8 Å². The molecule has 0 aliphatic carbocycles. The molecule has 150 valence electrons. The highest BCUT2D eigenvalue weighted by Crippen LogP contribution is 2.25. The van der Waals surface area contributed by atoms with Crippen LogP contribution in [0.4, 0.5) is 5.82 Å². The molecule has 0 bridgehead atoms. The van der Waals surface area contributed by atoms with Gasteiger partial charge in [-0.3, -0.25) is 9.89 Å². The molecule has 0 aromatic carbocycles. The van der Waals surface area contributed by atoms with Crippen LogP contribution in [0.1, 0.15) is 39.5 Å². The number of anilines is 1. The lowest BCUT2D eigenvalue weighted by molar-refractivity contribution is 0.115. The van der Waals surface area contributed by atoms with E-state index in [-0.39, 0.29) is 0 Å². The van der Waals surface area contributed by atoms with Crippen LogP contribution in [-0.2, 0) is 0 Å². The molecule has 2 N–H and O–H groups in total. The summed E-state index contributed by atoms with van der Waals surface area (Å²) in [7, 11) is 1.84. The van der Waals surface area contributed by atoms with Gasteiger partial charge in [-0.2, -0.15) is 0 Å². The first-order valence-electron chi connectivity index (χ1n) is 10.2. The molecule has 2 aliphatic rings. The van der Waals surface area contributed by atoms with Gasteiger partial charge >= 0.3 is 0 Å². The SMILES string of the molecule is CN=C(NCC(C)N1CCCCC1C)NC1CCN(c2ncccc2Cl)C1. The zero-order chi connectivity index (χ0) is 19.2. The van der Waals surface area contributed by atoms with E-state index in [2.05, 4.69) is 44.3 Å². The Hall–Kier alpha value is -1.53. The highest BCUT2D eigenvalue weighted by Gasteiger charge is 2.26. The highest BCUT2D eigenvalue weighted by molar-refractivity contribution is 6.32. The monoisotopic (exact) mass is 392 g/mol. The second-order valence-corrected chi connectivity index (χ2v) is 8.18. The fourth-order valence-corrected chi connectivity index (χ4v) is 4.45. The predicted octanol–water partition coefficient (Wildman–Crippen LogP) is 2.74. The third-order valence-corrected chi connectivity index (χ3v) is 6.07. The van der Waals surface area contributed by atoms with Gasteiger partial charge in [0.2, 0.25) is 0 Å². The van der Waals surface area contributed by atoms with Gasteiger partial charge in [0.15, 0.2) is 5.96 Å². The summed E-state index contributed by atoms with van der Waals surface area (Å²) >= 11 is 6.29. The van der Waals surface area contributed by atoms with Gasteiger partial charge in [0.25, 0.3) is 0 Å². The zero-order valence-corrected chi connectivity index (χ0v) is 17.5. The van der Waals surface area contributed by atoms with Crippen molar-refractivity contribution in [3.63, 3.8) is 0 Å². The molecule has 6 nitrogen and oxygen atoms in total. The van der Waals surface area contributed by atoms with Crippen LogP contribution in [0.3, 0.4) is 0 Å². The first-order chi connectivity index (χ1) is 13.1. The lowest BCUT2D eigenvalue weighted by atomic mass is 10.0. The molecule has 3 heterocycles. The molecule has 0 spiro atoms. The number of aliphatic imine (C=N–C) groups is 1. The van der Waals surface area contributed by atoms with Gasteiger partial charge in [0, 0.05) is 51.0 Å². The van der Waals surface area contributed by atoms with Crippen molar-refractivity contribution in [2.45, 2.75) is 57.7 Å². The van der Waals surface area contributed by atoms with Gasteiger partial charge in [0.05, 0.1) is 5.02 Å². The van der Waals surface area contributed by atoms with Crippen molar-refractivity contribution in [1.29, 1.82) is 0 Å². The number of likely N-dealkylation sites (tertiary alicyclic amines) is 1. The van der Waals surface area contributed by atoms with Crippen LogP contribution >= 0.6 is 11.6 Å². The maximum atomic E-state index is 6.29. The maximum Gasteiger partial charge on any atom is 0.191 e. The fraction of sp³-hybridized carbons (Fsp3) is 0.700. The average Bonchev–Trinajstić information content (AvgIpc) is 3.14. The van der Waals surface area contributed by atoms with E-state index in [1.807, 2.05) is 19.2 Å². The summed E-state index contributed by atoms with van der Waals surface area (Å²) in [5, 5.41) is 7.79. The number of hydrogen-bond donors (Lipinski definition) is 2. The molecule has 3 atom stereocenters. The summed E-state index contributed by atoms with van der Waals surface area (Å²) < 4.78 is 0. The van der Waals surface area contributed by atoms with Crippen LogP contribution in [0.5, 0.6) is 0 Å². The van der Waals surface area contributed by atoms with Crippen LogP contribution in [-0.4, -0.2) is 67.2 Å². The molecule has 3 rings (SSSR count). The van der Waals surface area contributed by atoms with Crippen LogP contribution in [0.15, 0.2) is 23.3 Å². The zero-order valence-electron chi connectivity index (χ0n) is 16.8. The number of guanidine groups is 1. The minimum Gasteiger partial charge on any atom is -0.355 e. The van der Waals surface area contributed by atoms with E-state index in [1.54, 1.807) is 6.20 Å². The summed E-state index contributed by atoms with van der Waals surface area (Å²) in [4.78, 5) is 13.7. The van der Waals surface area contributed by atoms with Gasteiger partial charge in [0.1, 0.15) is 5.82 Å². The fourth-order valence-electron chi connectivity index (χ4n) is 4.21. The molecular formula is C20H33ClN6. The van der Waals surface area contributed by atoms with Crippen LogP contribution in [0.2, 0.25) is 5.02 Å². The van der Waals surface area contributed by atoms with Gasteiger partial charge in [-0.05, 0) is 51.8 Å². The van der Waals surface area contributed by atoms with E-state index >= 15 is 0 Å². The molecule has 1 aromatic rings. The lowest BCUT2D eigenvalue weighted by Gasteiger charge is -2.38. The Morgan fingerprint density at radius 3 is 2.96 bits per heavy atom. The van der Waals surface area contributed by atoms with E-state index < -0.39 is 0 Å². The normalized spacial score (nSPS) is 25.5.